The number of methoxy groups -OCH3 is 1. The van der Waals surface area contributed by atoms with Crippen LogP contribution in [0.25, 0.3) is 0 Å². The highest BCUT2D eigenvalue weighted by Crippen LogP contribution is 2.35. The summed E-state index contributed by atoms with van der Waals surface area (Å²) in [7, 11) is 1.72. The van der Waals surface area contributed by atoms with Crippen LogP contribution in [0.5, 0.6) is 5.75 Å². The van der Waals surface area contributed by atoms with Crippen molar-refractivity contribution in [3.8, 4) is 5.75 Å². The molecular weight excluding hydrogens is 196 g/mol. The van der Waals surface area contributed by atoms with Crippen molar-refractivity contribution < 1.29 is 4.74 Å². The van der Waals surface area contributed by atoms with Gasteiger partial charge in [0.15, 0.2) is 0 Å². The average molecular weight is 220 g/mol. The second-order valence-corrected chi connectivity index (χ2v) is 5.25. The Balaban J connectivity index is 3.23. The lowest BCUT2D eigenvalue weighted by molar-refractivity contribution is 0.368. The largest absolute Gasteiger partial charge is 0.497 e. The molecule has 0 aliphatic heterocycles. The van der Waals surface area contributed by atoms with Crippen LogP contribution in [0.1, 0.15) is 45.7 Å². The Kier molecular flexibility index (Phi) is 4.01. The molecule has 0 N–H and O–H groups in total. The smallest absolute Gasteiger partial charge is 0.119 e. The number of ether oxygens (including phenoxy) is 1. The maximum absolute atomic E-state index is 5.28. The molecule has 0 aromatic heterocycles. The number of hydrogen-bond donors (Lipinski definition) is 0. The van der Waals surface area contributed by atoms with E-state index in [1.165, 1.54) is 11.1 Å². The van der Waals surface area contributed by atoms with Gasteiger partial charge in [-0.3, -0.25) is 0 Å². The van der Waals surface area contributed by atoms with Crippen molar-refractivity contribution in [3.63, 3.8) is 0 Å². The SMILES string of the molecule is CCc1cc(OC)ccc1C(C)(C)C(C)C. The Hall–Kier alpha value is -0.980. The molecule has 16 heavy (non-hydrogen) atoms. The molecule has 90 valence electrons. The highest BCUT2D eigenvalue weighted by Gasteiger charge is 2.26. The van der Waals surface area contributed by atoms with Crippen molar-refractivity contribution in [2.45, 2.75) is 46.5 Å². The molecule has 0 saturated carbocycles. The van der Waals surface area contributed by atoms with Crippen LogP contribution < -0.4 is 4.74 Å². The first-order valence-electron chi connectivity index (χ1n) is 6.10. The van der Waals surface area contributed by atoms with Gasteiger partial charge in [0.25, 0.3) is 0 Å². The van der Waals surface area contributed by atoms with Crippen LogP contribution in [0, 0.1) is 5.92 Å². The molecule has 1 aromatic rings. The van der Waals surface area contributed by atoms with Gasteiger partial charge in [-0.15, -0.1) is 0 Å². The lowest BCUT2D eigenvalue weighted by atomic mass is 9.73. The third kappa shape index (κ3) is 2.40. The summed E-state index contributed by atoms with van der Waals surface area (Å²) in [5.74, 6) is 1.59. The molecule has 1 heteroatoms. The van der Waals surface area contributed by atoms with Crippen LogP contribution in [0.2, 0.25) is 0 Å². The monoisotopic (exact) mass is 220 g/mol. The predicted octanol–water partition coefficient (Wildman–Crippen LogP) is 4.19. The Morgan fingerprint density at radius 3 is 2.31 bits per heavy atom. The number of rotatable bonds is 4. The molecule has 0 unspecified atom stereocenters. The molecule has 0 saturated heterocycles. The summed E-state index contributed by atoms with van der Waals surface area (Å²) in [6, 6.07) is 6.45. The van der Waals surface area contributed by atoms with Crippen molar-refractivity contribution >= 4 is 0 Å². The number of aryl methyl sites for hydroxylation is 1. The van der Waals surface area contributed by atoms with Crippen LogP contribution in [-0.2, 0) is 11.8 Å². The molecule has 1 rings (SSSR count). The Morgan fingerprint density at radius 2 is 1.88 bits per heavy atom. The zero-order chi connectivity index (χ0) is 12.3. The zero-order valence-electron chi connectivity index (χ0n) is 11.4. The second-order valence-electron chi connectivity index (χ2n) is 5.25. The summed E-state index contributed by atoms with van der Waals surface area (Å²) in [6.45, 7) is 11.4. The van der Waals surface area contributed by atoms with Crippen LogP contribution in [0.15, 0.2) is 18.2 Å². The van der Waals surface area contributed by atoms with Crippen LogP contribution >= 0.6 is 0 Å². The lowest BCUT2D eigenvalue weighted by Gasteiger charge is -2.32. The van der Waals surface area contributed by atoms with Gasteiger partial charge >= 0.3 is 0 Å². The van der Waals surface area contributed by atoms with Crippen LogP contribution in [-0.4, -0.2) is 7.11 Å². The Bertz CT molecular complexity index is 350. The molecule has 0 bridgehead atoms. The Labute approximate surface area is 99.8 Å². The molecule has 1 aromatic carbocycles. The second kappa shape index (κ2) is 4.90. The molecule has 0 aliphatic rings. The first-order valence-corrected chi connectivity index (χ1v) is 6.10. The zero-order valence-corrected chi connectivity index (χ0v) is 11.4. The average Bonchev–Trinajstić information content (AvgIpc) is 2.27. The molecule has 1 nitrogen and oxygen atoms in total. The first-order chi connectivity index (χ1) is 7.43. The maximum Gasteiger partial charge on any atom is 0.119 e. The molecular formula is C15H24O. The molecule has 0 radical (unpaired) electrons. The van der Waals surface area contributed by atoms with Gasteiger partial charge in [-0.1, -0.05) is 40.7 Å². The van der Waals surface area contributed by atoms with Gasteiger partial charge in [0, 0.05) is 0 Å². The predicted molar refractivity (Wildman–Crippen MR) is 70.2 cm³/mol. The fourth-order valence-corrected chi connectivity index (χ4v) is 1.93. The van der Waals surface area contributed by atoms with E-state index in [2.05, 4.69) is 52.8 Å². The lowest BCUT2D eigenvalue weighted by Crippen LogP contribution is -2.25. The van der Waals surface area contributed by atoms with Crippen molar-refractivity contribution in [2.24, 2.45) is 5.92 Å². The minimum absolute atomic E-state index is 0.220. The number of hydrogen-bond acceptors (Lipinski definition) is 1. The molecule has 0 amide bonds. The van der Waals surface area contributed by atoms with Crippen LogP contribution in [0.3, 0.4) is 0 Å². The van der Waals surface area contributed by atoms with Crippen molar-refractivity contribution in [1.29, 1.82) is 0 Å². The fraction of sp³-hybridized carbons (Fsp3) is 0.600. The van der Waals surface area contributed by atoms with Gasteiger partial charge in [0.05, 0.1) is 7.11 Å². The molecule has 0 aliphatic carbocycles. The minimum atomic E-state index is 0.220. The number of benzene rings is 1. The topological polar surface area (TPSA) is 9.23 Å². The van der Waals surface area contributed by atoms with Gasteiger partial charge in [-0.2, -0.15) is 0 Å². The van der Waals surface area contributed by atoms with E-state index < -0.39 is 0 Å². The quantitative estimate of drug-likeness (QED) is 0.739. The minimum Gasteiger partial charge on any atom is -0.497 e. The Morgan fingerprint density at radius 1 is 1.25 bits per heavy atom. The summed E-state index contributed by atoms with van der Waals surface area (Å²) < 4.78 is 5.28. The summed E-state index contributed by atoms with van der Waals surface area (Å²) in [5.41, 5.74) is 3.07. The van der Waals surface area contributed by atoms with Crippen molar-refractivity contribution in [3.05, 3.63) is 29.3 Å². The van der Waals surface area contributed by atoms with Gasteiger partial charge in [0.2, 0.25) is 0 Å². The molecule has 0 spiro atoms. The molecule has 0 atom stereocenters. The van der Waals surface area contributed by atoms with Gasteiger partial charge in [-0.05, 0) is 41.0 Å². The normalized spacial score (nSPS) is 11.9. The molecule has 0 fully saturated rings. The van der Waals surface area contributed by atoms with E-state index in [4.69, 9.17) is 4.74 Å². The van der Waals surface area contributed by atoms with E-state index in [0.717, 1.165) is 12.2 Å². The fourth-order valence-electron chi connectivity index (χ4n) is 1.93. The van der Waals surface area contributed by atoms with Crippen molar-refractivity contribution in [2.75, 3.05) is 7.11 Å². The first kappa shape index (κ1) is 13.1. The van der Waals surface area contributed by atoms with Gasteiger partial charge in [0.1, 0.15) is 5.75 Å². The van der Waals surface area contributed by atoms with E-state index in [1.807, 2.05) is 0 Å². The molecule has 0 heterocycles. The highest BCUT2D eigenvalue weighted by atomic mass is 16.5. The van der Waals surface area contributed by atoms with Crippen LogP contribution in [0.4, 0.5) is 0 Å². The van der Waals surface area contributed by atoms with Gasteiger partial charge in [-0.25, -0.2) is 0 Å². The van der Waals surface area contributed by atoms with Gasteiger partial charge < -0.3 is 4.74 Å². The van der Waals surface area contributed by atoms with Crippen molar-refractivity contribution in [1.82, 2.24) is 0 Å². The van der Waals surface area contributed by atoms with E-state index in [9.17, 15) is 0 Å². The van der Waals surface area contributed by atoms with E-state index >= 15 is 0 Å². The summed E-state index contributed by atoms with van der Waals surface area (Å²) in [5, 5.41) is 0. The summed E-state index contributed by atoms with van der Waals surface area (Å²) in [6.07, 6.45) is 1.06. The standard InChI is InChI=1S/C15H24O/c1-7-12-10-13(16-6)8-9-14(12)15(4,5)11(2)3/h8-11H,7H2,1-6H3. The maximum atomic E-state index is 5.28. The highest BCUT2D eigenvalue weighted by molar-refractivity contribution is 5.40. The summed E-state index contributed by atoms with van der Waals surface area (Å²) >= 11 is 0. The summed E-state index contributed by atoms with van der Waals surface area (Å²) in [4.78, 5) is 0. The van der Waals surface area contributed by atoms with E-state index in [-0.39, 0.29) is 5.41 Å². The third-order valence-corrected chi connectivity index (χ3v) is 3.83. The van der Waals surface area contributed by atoms with E-state index in [1.54, 1.807) is 7.11 Å². The third-order valence-electron chi connectivity index (χ3n) is 3.83. The van der Waals surface area contributed by atoms with E-state index in [0.29, 0.717) is 5.92 Å².